The molecule has 0 aliphatic rings. The van der Waals surface area contributed by atoms with Crippen molar-refractivity contribution >= 4 is 22.1 Å². The summed E-state index contributed by atoms with van der Waals surface area (Å²) in [5, 5.41) is 2.11. The zero-order chi connectivity index (χ0) is 15.0. The van der Waals surface area contributed by atoms with Gasteiger partial charge in [-0.2, -0.15) is 0 Å². The molecule has 2 rings (SSSR count). The molecular formula is C16H21NOS. The van der Waals surface area contributed by atoms with Gasteiger partial charge in [-0.25, -0.2) is 0 Å². The molecule has 2 nitrogen and oxygen atoms in total. The van der Waals surface area contributed by atoms with E-state index in [0.29, 0.717) is 0 Å². The molecule has 0 aliphatic heterocycles. The van der Waals surface area contributed by atoms with Crippen LogP contribution in [0, 0.1) is 0 Å². The van der Waals surface area contributed by atoms with Gasteiger partial charge in [0.2, 0.25) is 0 Å². The second-order valence-electron chi connectivity index (χ2n) is 5.63. The predicted octanol–water partition coefficient (Wildman–Crippen LogP) is 3.95. The van der Waals surface area contributed by atoms with Crippen molar-refractivity contribution in [1.29, 1.82) is 0 Å². The van der Waals surface area contributed by atoms with E-state index in [-0.39, 0.29) is 0 Å². The number of fused-ring (bicyclic) bond motifs is 1. The maximum absolute atomic E-state index is 12.3. The quantitative estimate of drug-likeness (QED) is 0.861. The molecule has 2 aromatic rings. The van der Waals surface area contributed by atoms with Gasteiger partial charge in [0.1, 0.15) is 4.75 Å². The average Bonchev–Trinajstić information content (AvgIpc) is 2.36. The minimum atomic E-state index is -1.29. The van der Waals surface area contributed by atoms with Crippen LogP contribution in [0.4, 0.5) is 0 Å². The van der Waals surface area contributed by atoms with Crippen molar-refractivity contribution in [2.75, 3.05) is 0 Å². The molecule has 2 aromatic carbocycles. The normalized spacial score (nSPS) is 17.8. The molecule has 2 atom stereocenters. The summed E-state index contributed by atoms with van der Waals surface area (Å²) in [5.74, 6) is 0. The highest BCUT2D eigenvalue weighted by molar-refractivity contribution is 7.90. The number of benzene rings is 2. The molecule has 0 saturated heterocycles. The summed E-state index contributed by atoms with van der Waals surface area (Å²) in [5.41, 5.74) is 0.841. The Morgan fingerprint density at radius 1 is 1.16 bits per heavy atom. The molecule has 3 heteroatoms. The highest BCUT2D eigenvalue weighted by Gasteiger charge is 2.28. The van der Waals surface area contributed by atoms with Crippen LogP contribution in [0.2, 0.25) is 0 Å². The molecule has 0 heterocycles. The second kappa shape index (κ2) is 5.53. The first-order chi connectivity index (χ1) is 9.22. The van der Waals surface area contributed by atoms with Crippen LogP contribution in [0.5, 0.6) is 0 Å². The summed E-state index contributed by atoms with van der Waals surface area (Å²) in [7, 11) is 0. The maximum Gasteiger partial charge on any atom is 0.136 e. The van der Waals surface area contributed by atoms with Gasteiger partial charge in [-0.15, -0.1) is 4.72 Å². The van der Waals surface area contributed by atoms with Crippen molar-refractivity contribution in [1.82, 2.24) is 4.72 Å². The summed E-state index contributed by atoms with van der Waals surface area (Å²) in [4.78, 5) is 0. The van der Waals surface area contributed by atoms with Crippen LogP contribution >= 0.6 is 0 Å². The fourth-order valence-corrected chi connectivity index (χ4v) is 2.59. The van der Waals surface area contributed by atoms with Crippen molar-refractivity contribution in [3.8, 4) is 0 Å². The number of nitrogens with one attached hydrogen (secondary N) is 1. The minimum absolute atomic E-state index is 0.396. The van der Waals surface area contributed by atoms with E-state index < -0.39 is 22.1 Å². The average molecular weight is 276 g/mol. The third kappa shape index (κ3) is 3.30. The van der Waals surface area contributed by atoms with Crippen molar-refractivity contribution in [2.24, 2.45) is 0 Å². The summed E-state index contributed by atoms with van der Waals surface area (Å²) >= 11 is -1.29. The lowest BCUT2D eigenvalue weighted by Crippen LogP contribution is -2.40. The highest BCUT2D eigenvalue weighted by atomic mass is 32.2. The van der Waals surface area contributed by atoms with Gasteiger partial charge in [0.25, 0.3) is 0 Å². The maximum atomic E-state index is 12.3. The first-order valence-electron chi connectivity index (χ1n) is 6.90. The van der Waals surface area contributed by atoms with Crippen LogP contribution in [0.25, 0.3) is 10.8 Å². The van der Waals surface area contributed by atoms with E-state index in [4.69, 9.17) is 1.37 Å². The SMILES string of the molecule is [2H][C@](C)(N[S+]([O-])C(C)(C)C)c1cccc2ccccc12. The van der Waals surface area contributed by atoms with Crippen molar-refractivity contribution in [3.05, 3.63) is 48.0 Å². The lowest BCUT2D eigenvalue weighted by molar-refractivity contribution is 0.532. The van der Waals surface area contributed by atoms with Crippen LogP contribution in [0.1, 0.15) is 40.6 Å². The predicted molar refractivity (Wildman–Crippen MR) is 83.4 cm³/mol. The summed E-state index contributed by atoms with van der Waals surface area (Å²) in [6.45, 7) is 7.44. The first kappa shape index (κ1) is 13.0. The fourth-order valence-electron chi connectivity index (χ4n) is 1.90. The Balaban J connectivity index is 2.42. The van der Waals surface area contributed by atoms with E-state index in [0.717, 1.165) is 16.3 Å². The van der Waals surface area contributed by atoms with Gasteiger partial charge < -0.3 is 4.55 Å². The molecule has 0 aromatic heterocycles. The molecular weight excluding hydrogens is 254 g/mol. The zero-order valence-electron chi connectivity index (χ0n) is 12.9. The molecule has 1 unspecified atom stereocenters. The fraction of sp³-hybridized carbons (Fsp3) is 0.375. The smallest absolute Gasteiger partial charge is 0.136 e. The lowest BCUT2D eigenvalue weighted by Gasteiger charge is -2.27. The largest absolute Gasteiger partial charge is 0.598 e. The van der Waals surface area contributed by atoms with Gasteiger partial charge in [0, 0.05) is 11.4 Å². The standard InChI is InChI=1S/C16H21NOS/c1-12(17-19(18)16(2,3)4)14-11-7-9-13-8-5-6-10-15(13)14/h5-12,17H,1-4H3/t12-,19?/m1/s1/i12D. The summed E-state index contributed by atoms with van der Waals surface area (Å²) in [6, 6.07) is 12.7. The highest BCUT2D eigenvalue weighted by Crippen LogP contribution is 2.26. The second-order valence-corrected chi connectivity index (χ2v) is 7.60. The van der Waals surface area contributed by atoms with Crippen LogP contribution in [0.3, 0.4) is 0 Å². The Labute approximate surface area is 119 Å². The molecule has 0 amide bonds. The molecule has 0 radical (unpaired) electrons. The Kier molecular flexibility index (Phi) is 3.78. The topological polar surface area (TPSA) is 35.1 Å². The van der Waals surface area contributed by atoms with Gasteiger partial charge in [-0.05, 0) is 44.0 Å². The third-order valence-corrected chi connectivity index (χ3v) is 4.60. The molecule has 0 spiro atoms. The van der Waals surface area contributed by atoms with Gasteiger partial charge in [-0.3, -0.25) is 0 Å². The number of rotatable bonds is 3. The van der Waals surface area contributed by atoms with Gasteiger partial charge >= 0.3 is 0 Å². The monoisotopic (exact) mass is 276 g/mol. The lowest BCUT2D eigenvalue weighted by atomic mass is 10.0. The van der Waals surface area contributed by atoms with Crippen molar-refractivity contribution < 1.29 is 5.92 Å². The van der Waals surface area contributed by atoms with E-state index in [9.17, 15) is 4.55 Å². The summed E-state index contributed by atoms with van der Waals surface area (Å²) < 4.78 is 23.4. The zero-order valence-corrected chi connectivity index (χ0v) is 12.7. The Morgan fingerprint density at radius 3 is 2.47 bits per heavy atom. The van der Waals surface area contributed by atoms with Crippen LogP contribution in [0.15, 0.2) is 42.5 Å². The Hall–Kier alpha value is -1.03. The number of hydrogen-bond donors (Lipinski definition) is 1. The first-order valence-corrected chi connectivity index (χ1v) is 7.55. The van der Waals surface area contributed by atoms with Gasteiger partial charge in [0.05, 0.1) is 7.39 Å². The van der Waals surface area contributed by atoms with Crippen molar-refractivity contribution in [2.45, 2.75) is 38.5 Å². The van der Waals surface area contributed by atoms with E-state index in [2.05, 4.69) is 4.72 Å². The van der Waals surface area contributed by atoms with Crippen LogP contribution in [-0.2, 0) is 11.4 Å². The van der Waals surface area contributed by atoms with Crippen LogP contribution in [-0.4, -0.2) is 9.30 Å². The van der Waals surface area contributed by atoms with Gasteiger partial charge in [0.15, 0.2) is 0 Å². The molecule has 0 bridgehead atoms. The van der Waals surface area contributed by atoms with E-state index in [1.165, 1.54) is 0 Å². The molecule has 102 valence electrons. The molecule has 0 fully saturated rings. The van der Waals surface area contributed by atoms with Crippen LogP contribution < -0.4 is 4.72 Å². The number of hydrogen-bond acceptors (Lipinski definition) is 2. The van der Waals surface area contributed by atoms with Gasteiger partial charge in [-0.1, -0.05) is 42.5 Å². The molecule has 0 aliphatic carbocycles. The van der Waals surface area contributed by atoms with E-state index in [1.54, 1.807) is 6.92 Å². The third-order valence-electron chi connectivity index (χ3n) is 3.00. The molecule has 19 heavy (non-hydrogen) atoms. The van der Waals surface area contributed by atoms with Crippen molar-refractivity contribution in [3.63, 3.8) is 0 Å². The minimum Gasteiger partial charge on any atom is -0.598 e. The Morgan fingerprint density at radius 2 is 1.79 bits per heavy atom. The Bertz CT molecular complexity index is 601. The molecule has 0 saturated carbocycles. The molecule has 1 N–H and O–H groups in total. The summed E-state index contributed by atoms with van der Waals surface area (Å²) in [6.07, 6.45) is 0. The van der Waals surface area contributed by atoms with E-state index in [1.807, 2.05) is 63.2 Å². The van der Waals surface area contributed by atoms with E-state index >= 15 is 0 Å².